The number of carbonyl (C=O) groups excluding carboxylic acids is 1. The molecule has 2 fully saturated rings. The Morgan fingerprint density at radius 1 is 1.35 bits per heavy atom. The zero-order valence-electron chi connectivity index (χ0n) is 15.1. The second kappa shape index (κ2) is 7.16. The van der Waals surface area contributed by atoms with Gasteiger partial charge in [-0.05, 0) is 56.3 Å². The first-order valence-electron chi connectivity index (χ1n) is 9.33. The molecule has 26 heavy (non-hydrogen) atoms. The summed E-state index contributed by atoms with van der Waals surface area (Å²) in [5.74, 6) is -0.292. The van der Waals surface area contributed by atoms with Gasteiger partial charge in [0.25, 0.3) is 0 Å². The molecule has 0 aliphatic carbocycles. The Morgan fingerprint density at radius 3 is 2.85 bits per heavy atom. The van der Waals surface area contributed by atoms with Crippen molar-refractivity contribution in [3.63, 3.8) is 0 Å². The molecule has 4 rings (SSSR count). The van der Waals surface area contributed by atoms with E-state index in [-0.39, 0.29) is 5.97 Å². The highest BCUT2D eigenvalue weighted by Gasteiger charge is 2.38. The lowest BCUT2D eigenvalue weighted by molar-refractivity contribution is 0.0526. The van der Waals surface area contributed by atoms with E-state index in [1.807, 2.05) is 19.1 Å². The number of ether oxygens (including phenoxy) is 1. The van der Waals surface area contributed by atoms with Crippen LogP contribution in [0.25, 0.3) is 10.9 Å². The number of hydrogen-bond acceptors (Lipinski definition) is 5. The van der Waals surface area contributed by atoms with Crippen LogP contribution in [0.5, 0.6) is 0 Å². The van der Waals surface area contributed by atoms with Gasteiger partial charge in [0.15, 0.2) is 0 Å². The first-order chi connectivity index (χ1) is 12.6. The van der Waals surface area contributed by atoms with E-state index in [1.54, 1.807) is 6.20 Å². The summed E-state index contributed by atoms with van der Waals surface area (Å²) in [6, 6.07) is 6.03. The molecule has 0 atom stereocenters. The molecule has 0 bridgehead atoms. The first kappa shape index (κ1) is 17.7. The van der Waals surface area contributed by atoms with Crippen LogP contribution >= 0.6 is 15.9 Å². The number of hydrogen-bond donors (Lipinski definition) is 1. The standard InChI is InChI=1S/C20H24BrN3O2/c1-2-26-19(25)16-12-23-17-4-3-14(21)11-15(17)18(16)24-9-6-20(7-10-24)5-8-22-13-20/h3-4,11-12,22H,2,5-10,13H2,1H3. The quantitative estimate of drug-likeness (QED) is 0.770. The highest BCUT2D eigenvalue weighted by molar-refractivity contribution is 9.10. The summed E-state index contributed by atoms with van der Waals surface area (Å²) in [5, 5.41) is 4.52. The van der Waals surface area contributed by atoms with Gasteiger partial charge >= 0.3 is 5.97 Å². The lowest BCUT2D eigenvalue weighted by atomic mass is 9.77. The summed E-state index contributed by atoms with van der Waals surface area (Å²) in [4.78, 5) is 19.4. The van der Waals surface area contributed by atoms with Gasteiger partial charge in [0.2, 0.25) is 0 Å². The Bertz CT molecular complexity index is 823. The number of rotatable bonds is 3. The van der Waals surface area contributed by atoms with Gasteiger partial charge in [-0.3, -0.25) is 4.98 Å². The molecule has 0 amide bonds. The van der Waals surface area contributed by atoms with Crippen LogP contribution in [0.4, 0.5) is 5.69 Å². The average Bonchev–Trinajstić information content (AvgIpc) is 3.10. The minimum absolute atomic E-state index is 0.292. The van der Waals surface area contributed by atoms with Gasteiger partial charge in [-0.1, -0.05) is 15.9 Å². The van der Waals surface area contributed by atoms with E-state index < -0.39 is 0 Å². The zero-order valence-corrected chi connectivity index (χ0v) is 16.6. The van der Waals surface area contributed by atoms with Crippen molar-refractivity contribution in [1.29, 1.82) is 0 Å². The Kier molecular flexibility index (Phi) is 4.88. The van der Waals surface area contributed by atoms with Crippen LogP contribution in [0.2, 0.25) is 0 Å². The van der Waals surface area contributed by atoms with E-state index in [0.717, 1.165) is 60.1 Å². The Morgan fingerprint density at radius 2 is 2.15 bits per heavy atom. The number of aromatic nitrogens is 1. The van der Waals surface area contributed by atoms with Crippen LogP contribution in [0.1, 0.15) is 36.5 Å². The molecule has 1 aromatic heterocycles. The van der Waals surface area contributed by atoms with E-state index in [1.165, 1.54) is 6.42 Å². The van der Waals surface area contributed by atoms with Crippen LogP contribution < -0.4 is 10.2 Å². The second-order valence-electron chi connectivity index (χ2n) is 7.32. The van der Waals surface area contributed by atoms with E-state index >= 15 is 0 Å². The molecule has 1 spiro atoms. The monoisotopic (exact) mass is 417 g/mol. The topological polar surface area (TPSA) is 54.5 Å². The maximum absolute atomic E-state index is 12.6. The van der Waals surface area contributed by atoms with Gasteiger partial charge in [-0.2, -0.15) is 0 Å². The fourth-order valence-corrected chi connectivity index (χ4v) is 4.64. The fraction of sp³-hybridized carbons (Fsp3) is 0.500. The van der Waals surface area contributed by atoms with Crippen LogP contribution in [0, 0.1) is 5.41 Å². The van der Waals surface area contributed by atoms with E-state index in [4.69, 9.17) is 4.74 Å². The molecule has 2 aliphatic rings. The molecule has 138 valence electrons. The third-order valence-electron chi connectivity index (χ3n) is 5.77. The first-order valence-corrected chi connectivity index (χ1v) is 10.1. The van der Waals surface area contributed by atoms with Gasteiger partial charge in [0.1, 0.15) is 5.56 Å². The minimum Gasteiger partial charge on any atom is -0.462 e. The molecule has 6 heteroatoms. The summed E-state index contributed by atoms with van der Waals surface area (Å²) >= 11 is 3.56. The molecule has 2 saturated heterocycles. The van der Waals surface area contributed by atoms with Crippen molar-refractivity contribution in [3.8, 4) is 0 Å². The van der Waals surface area contributed by atoms with Gasteiger partial charge in [-0.25, -0.2) is 4.79 Å². The lowest BCUT2D eigenvalue weighted by Crippen LogP contribution is -2.42. The molecule has 5 nitrogen and oxygen atoms in total. The maximum atomic E-state index is 12.6. The minimum atomic E-state index is -0.292. The molecule has 3 heterocycles. The van der Waals surface area contributed by atoms with Gasteiger partial charge < -0.3 is 15.0 Å². The third-order valence-corrected chi connectivity index (χ3v) is 6.26. The van der Waals surface area contributed by atoms with E-state index in [9.17, 15) is 4.79 Å². The summed E-state index contributed by atoms with van der Waals surface area (Å²) in [5.41, 5.74) is 2.87. The summed E-state index contributed by atoms with van der Waals surface area (Å²) < 4.78 is 6.29. The van der Waals surface area contributed by atoms with Crippen LogP contribution in [-0.2, 0) is 4.74 Å². The summed E-state index contributed by atoms with van der Waals surface area (Å²) in [6.07, 6.45) is 5.24. The molecule has 2 aliphatic heterocycles. The number of fused-ring (bicyclic) bond motifs is 1. The summed E-state index contributed by atoms with van der Waals surface area (Å²) in [6.45, 7) is 6.36. The molecular weight excluding hydrogens is 394 g/mol. The number of pyridine rings is 1. The van der Waals surface area contributed by atoms with Gasteiger partial charge in [-0.15, -0.1) is 0 Å². The normalized spacial score (nSPS) is 19.2. The van der Waals surface area contributed by atoms with Crippen molar-refractivity contribution < 1.29 is 9.53 Å². The molecule has 0 unspecified atom stereocenters. The van der Waals surface area contributed by atoms with Crippen molar-refractivity contribution in [2.45, 2.75) is 26.2 Å². The van der Waals surface area contributed by atoms with E-state index in [0.29, 0.717) is 17.6 Å². The predicted octanol–water partition coefficient (Wildman–Crippen LogP) is 3.75. The van der Waals surface area contributed by atoms with Crippen molar-refractivity contribution in [2.75, 3.05) is 37.7 Å². The van der Waals surface area contributed by atoms with Crippen molar-refractivity contribution in [3.05, 3.63) is 34.4 Å². The van der Waals surface area contributed by atoms with E-state index in [2.05, 4.69) is 37.2 Å². The molecule has 0 radical (unpaired) electrons. The number of anilines is 1. The van der Waals surface area contributed by atoms with Crippen molar-refractivity contribution in [1.82, 2.24) is 10.3 Å². The van der Waals surface area contributed by atoms with Crippen molar-refractivity contribution in [2.24, 2.45) is 5.41 Å². The highest BCUT2D eigenvalue weighted by atomic mass is 79.9. The Hall–Kier alpha value is -1.66. The lowest BCUT2D eigenvalue weighted by Gasteiger charge is -2.40. The smallest absolute Gasteiger partial charge is 0.341 e. The third kappa shape index (κ3) is 3.21. The molecule has 1 aromatic carbocycles. The highest BCUT2D eigenvalue weighted by Crippen LogP contribution is 2.41. The fourth-order valence-electron chi connectivity index (χ4n) is 4.28. The second-order valence-corrected chi connectivity index (χ2v) is 8.23. The Balaban J connectivity index is 1.75. The average molecular weight is 418 g/mol. The largest absolute Gasteiger partial charge is 0.462 e. The van der Waals surface area contributed by atoms with Gasteiger partial charge in [0.05, 0.1) is 17.8 Å². The van der Waals surface area contributed by atoms with Crippen LogP contribution in [0.15, 0.2) is 28.9 Å². The maximum Gasteiger partial charge on any atom is 0.341 e. The number of piperidine rings is 1. The molecule has 2 aromatic rings. The SMILES string of the molecule is CCOC(=O)c1cnc2ccc(Br)cc2c1N1CCC2(CCNC2)CC1. The molecular formula is C20H24BrN3O2. The number of halogens is 1. The van der Waals surface area contributed by atoms with Crippen LogP contribution in [-0.4, -0.2) is 43.7 Å². The zero-order chi connectivity index (χ0) is 18.1. The van der Waals surface area contributed by atoms with Crippen molar-refractivity contribution >= 4 is 38.5 Å². The molecule has 1 N–H and O–H groups in total. The number of esters is 1. The number of nitrogens with zero attached hydrogens (tertiary/aromatic N) is 2. The Labute approximate surface area is 162 Å². The number of nitrogens with one attached hydrogen (secondary N) is 1. The van der Waals surface area contributed by atoms with Crippen LogP contribution in [0.3, 0.4) is 0 Å². The van der Waals surface area contributed by atoms with Gasteiger partial charge in [0, 0.05) is 35.7 Å². The molecule has 0 saturated carbocycles. The number of benzene rings is 1. The summed E-state index contributed by atoms with van der Waals surface area (Å²) in [7, 11) is 0. The number of carbonyl (C=O) groups is 1. The predicted molar refractivity (Wildman–Crippen MR) is 107 cm³/mol.